The summed E-state index contributed by atoms with van der Waals surface area (Å²) in [6, 6.07) is 5.66. The molecule has 7 heteroatoms. The summed E-state index contributed by atoms with van der Waals surface area (Å²) in [5.41, 5.74) is 5.26. The summed E-state index contributed by atoms with van der Waals surface area (Å²) < 4.78 is 43.7. The van der Waals surface area contributed by atoms with Crippen molar-refractivity contribution in [1.82, 2.24) is 4.98 Å². The smallest absolute Gasteiger partial charge is 0.258 e. The largest absolute Gasteiger partial charge is 0.436 e. The standard InChI is InChI=1S/C12H7F3N2O2/c13-8-5-9(14)12(17-10(8)15)19-7-3-1-6(2-4-7)11(16)18/h1-5H,(H2,16,18). The first-order chi connectivity index (χ1) is 8.97. The van der Waals surface area contributed by atoms with Crippen molar-refractivity contribution in [3.63, 3.8) is 0 Å². The highest BCUT2D eigenvalue weighted by molar-refractivity contribution is 5.92. The molecule has 0 saturated heterocycles. The molecule has 1 aromatic carbocycles. The lowest BCUT2D eigenvalue weighted by atomic mass is 10.2. The molecule has 4 nitrogen and oxygen atoms in total. The molecule has 1 aromatic heterocycles. The molecule has 1 heterocycles. The zero-order valence-corrected chi connectivity index (χ0v) is 9.36. The first-order valence-electron chi connectivity index (χ1n) is 5.06. The fraction of sp³-hybridized carbons (Fsp3) is 0. The molecule has 0 atom stereocenters. The lowest BCUT2D eigenvalue weighted by Gasteiger charge is -2.06. The second-order valence-electron chi connectivity index (χ2n) is 3.54. The maximum Gasteiger partial charge on any atom is 0.258 e. The molecule has 0 spiro atoms. The van der Waals surface area contributed by atoms with E-state index in [0.29, 0.717) is 6.07 Å². The van der Waals surface area contributed by atoms with Crippen LogP contribution in [0.4, 0.5) is 13.2 Å². The van der Waals surface area contributed by atoms with Gasteiger partial charge in [-0.3, -0.25) is 4.79 Å². The Morgan fingerprint density at radius 2 is 1.74 bits per heavy atom. The van der Waals surface area contributed by atoms with Crippen LogP contribution in [0.5, 0.6) is 11.6 Å². The van der Waals surface area contributed by atoms with Crippen LogP contribution in [0, 0.1) is 17.6 Å². The topological polar surface area (TPSA) is 65.2 Å². The van der Waals surface area contributed by atoms with Gasteiger partial charge in [-0.2, -0.15) is 9.37 Å². The first kappa shape index (κ1) is 12.9. The van der Waals surface area contributed by atoms with Crippen LogP contribution in [0.25, 0.3) is 0 Å². The SMILES string of the molecule is NC(=O)c1ccc(Oc2nc(F)c(F)cc2F)cc1. The van der Waals surface area contributed by atoms with E-state index in [-0.39, 0.29) is 11.3 Å². The summed E-state index contributed by atoms with van der Waals surface area (Å²) in [5.74, 6) is -5.26. The summed E-state index contributed by atoms with van der Waals surface area (Å²) in [6.07, 6.45) is 0. The Hall–Kier alpha value is -2.57. The maximum atomic E-state index is 13.3. The summed E-state index contributed by atoms with van der Waals surface area (Å²) in [4.78, 5) is 13.8. The van der Waals surface area contributed by atoms with Crippen LogP contribution in [0.1, 0.15) is 10.4 Å². The van der Waals surface area contributed by atoms with Crippen molar-refractivity contribution in [1.29, 1.82) is 0 Å². The molecule has 2 aromatic rings. The number of hydrogen-bond acceptors (Lipinski definition) is 3. The second-order valence-corrected chi connectivity index (χ2v) is 3.54. The second kappa shape index (κ2) is 4.97. The number of hydrogen-bond donors (Lipinski definition) is 1. The number of aromatic nitrogens is 1. The van der Waals surface area contributed by atoms with Gasteiger partial charge in [0.05, 0.1) is 0 Å². The highest BCUT2D eigenvalue weighted by Crippen LogP contribution is 2.23. The minimum absolute atomic E-state index is 0.0995. The molecule has 2 rings (SSSR count). The molecule has 0 aliphatic heterocycles. The number of halogens is 3. The molecule has 0 fully saturated rings. The summed E-state index contributed by atoms with van der Waals surface area (Å²) >= 11 is 0. The number of nitrogens with two attached hydrogens (primary N) is 1. The van der Waals surface area contributed by atoms with E-state index < -0.39 is 29.4 Å². The summed E-state index contributed by atoms with van der Waals surface area (Å²) in [5, 5.41) is 0. The molecule has 2 N–H and O–H groups in total. The molecular weight excluding hydrogens is 261 g/mol. The van der Waals surface area contributed by atoms with Gasteiger partial charge < -0.3 is 10.5 Å². The number of pyridine rings is 1. The average Bonchev–Trinajstić information content (AvgIpc) is 2.36. The van der Waals surface area contributed by atoms with Gasteiger partial charge in [0.2, 0.25) is 5.91 Å². The molecule has 1 amide bonds. The normalized spacial score (nSPS) is 10.3. The molecule has 0 bridgehead atoms. The van der Waals surface area contributed by atoms with Crippen molar-refractivity contribution in [2.45, 2.75) is 0 Å². The van der Waals surface area contributed by atoms with E-state index in [2.05, 4.69) is 4.98 Å². The third-order valence-corrected chi connectivity index (χ3v) is 2.21. The van der Waals surface area contributed by atoms with Crippen LogP contribution in [-0.2, 0) is 0 Å². The van der Waals surface area contributed by atoms with E-state index in [9.17, 15) is 18.0 Å². The van der Waals surface area contributed by atoms with E-state index in [1.54, 1.807) is 0 Å². The average molecular weight is 268 g/mol. The van der Waals surface area contributed by atoms with Crippen LogP contribution in [0.2, 0.25) is 0 Å². The predicted molar refractivity (Wildman–Crippen MR) is 59.1 cm³/mol. The summed E-state index contributed by atoms with van der Waals surface area (Å²) in [7, 11) is 0. The molecule has 0 radical (unpaired) electrons. The van der Waals surface area contributed by atoms with E-state index in [1.807, 2.05) is 0 Å². The van der Waals surface area contributed by atoms with E-state index in [4.69, 9.17) is 10.5 Å². The van der Waals surface area contributed by atoms with Gasteiger partial charge in [-0.15, -0.1) is 0 Å². The Kier molecular flexibility index (Phi) is 3.37. The van der Waals surface area contributed by atoms with Crippen molar-refractivity contribution in [3.8, 4) is 11.6 Å². The van der Waals surface area contributed by atoms with Crippen LogP contribution < -0.4 is 10.5 Å². The van der Waals surface area contributed by atoms with Crippen LogP contribution in [0.15, 0.2) is 30.3 Å². The number of carbonyl (C=O) groups is 1. The summed E-state index contributed by atoms with van der Waals surface area (Å²) in [6.45, 7) is 0. The molecular formula is C12H7F3N2O2. The number of carbonyl (C=O) groups excluding carboxylic acids is 1. The number of primary amides is 1. The Balaban J connectivity index is 2.26. The highest BCUT2D eigenvalue weighted by Gasteiger charge is 2.13. The van der Waals surface area contributed by atoms with Gasteiger partial charge >= 0.3 is 0 Å². The number of ether oxygens (including phenoxy) is 1. The number of benzene rings is 1. The quantitative estimate of drug-likeness (QED) is 0.869. The maximum absolute atomic E-state index is 13.3. The lowest BCUT2D eigenvalue weighted by molar-refractivity contribution is 0.100. The minimum atomic E-state index is -1.47. The van der Waals surface area contributed by atoms with Crippen molar-refractivity contribution in [2.24, 2.45) is 5.73 Å². The van der Waals surface area contributed by atoms with E-state index in [1.165, 1.54) is 24.3 Å². The number of amides is 1. The number of nitrogens with zero attached hydrogens (tertiary/aromatic N) is 1. The zero-order valence-electron chi connectivity index (χ0n) is 9.36. The van der Waals surface area contributed by atoms with E-state index in [0.717, 1.165) is 0 Å². The third-order valence-electron chi connectivity index (χ3n) is 2.21. The first-order valence-corrected chi connectivity index (χ1v) is 5.06. The lowest BCUT2D eigenvalue weighted by Crippen LogP contribution is -2.10. The van der Waals surface area contributed by atoms with Crippen molar-refractivity contribution in [3.05, 3.63) is 53.5 Å². The Bertz CT molecular complexity index is 630. The molecule has 0 unspecified atom stereocenters. The van der Waals surface area contributed by atoms with Gasteiger partial charge in [0.1, 0.15) is 5.75 Å². The van der Waals surface area contributed by atoms with E-state index >= 15 is 0 Å². The minimum Gasteiger partial charge on any atom is -0.436 e. The zero-order chi connectivity index (χ0) is 14.0. The number of rotatable bonds is 3. The van der Waals surface area contributed by atoms with Crippen molar-refractivity contribution < 1.29 is 22.7 Å². The Morgan fingerprint density at radius 3 is 2.32 bits per heavy atom. The van der Waals surface area contributed by atoms with Crippen molar-refractivity contribution >= 4 is 5.91 Å². The van der Waals surface area contributed by atoms with Crippen LogP contribution >= 0.6 is 0 Å². The van der Waals surface area contributed by atoms with Crippen LogP contribution in [-0.4, -0.2) is 10.9 Å². The van der Waals surface area contributed by atoms with Gasteiger partial charge in [0.15, 0.2) is 11.6 Å². The highest BCUT2D eigenvalue weighted by atomic mass is 19.2. The molecule has 0 saturated carbocycles. The Morgan fingerprint density at radius 1 is 1.11 bits per heavy atom. The van der Waals surface area contributed by atoms with Gasteiger partial charge in [0, 0.05) is 11.6 Å². The van der Waals surface area contributed by atoms with Crippen molar-refractivity contribution in [2.75, 3.05) is 0 Å². The van der Waals surface area contributed by atoms with Gasteiger partial charge in [0.25, 0.3) is 11.8 Å². The third kappa shape index (κ3) is 2.82. The fourth-order valence-electron chi connectivity index (χ4n) is 1.30. The molecule has 0 aliphatic rings. The fourth-order valence-corrected chi connectivity index (χ4v) is 1.30. The molecule has 98 valence electrons. The van der Waals surface area contributed by atoms with Gasteiger partial charge in [-0.25, -0.2) is 8.78 Å². The van der Waals surface area contributed by atoms with Crippen LogP contribution in [0.3, 0.4) is 0 Å². The van der Waals surface area contributed by atoms with Gasteiger partial charge in [-0.1, -0.05) is 0 Å². The predicted octanol–water partition coefficient (Wildman–Crippen LogP) is 2.39. The Labute approximate surface area is 105 Å². The molecule has 19 heavy (non-hydrogen) atoms. The monoisotopic (exact) mass is 268 g/mol. The van der Waals surface area contributed by atoms with Gasteiger partial charge in [-0.05, 0) is 24.3 Å². The molecule has 0 aliphatic carbocycles.